The van der Waals surface area contributed by atoms with Crippen molar-refractivity contribution >= 4 is 46.5 Å². The molecule has 0 fully saturated rings. The van der Waals surface area contributed by atoms with E-state index in [0.717, 1.165) is 33.5 Å². The van der Waals surface area contributed by atoms with Crippen molar-refractivity contribution in [1.82, 2.24) is 0 Å². The van der Waals surface area contributed by atoms with Crippen molar-refractivity contribution in [3.8, 4) is 11.5 Å². The molecule has 3 aromatic carbocycles. The standard InChI is InChI=1S/C38H45IO4/c1-2-3-4-5-6-7-8-9-10-11-12-13-30-42-35-24-14-32(15-25-35)19-29-38(41)43-36-26-16-31(17-27-36)18-28-37(40)33-20-22-34(39)23-21-33/h14-29H,2-13,30H2,1H3/b28-18+,29-19+. The van der Waals surface area contributed by atoms with Crippen LogP contribution >= 0.6 is 22.6 Å². The smallest absolute Gasteiger partial charge is 0.336 e. The summed E-state index contributed by atoms with van der Waals surface area (Å²) in [5.41, 5.74) is 2.38. The van der Waals surface area contributed by atoms with E-state index in [1.54, 1.807) is 42.5 Å². The third kappa shape index (κ3) is 14.7. The summed E-state index contributed by atoms with van der Waals surface area (Å²) in [5, 5.41) is 0. The molecule has 0 aliphatic rings. The number of carbonyl (C=O) groups excluding carboxylic acids is 2. The van der Waals surface area contributed by atoms with E-state index < -0.39 is 5.97 Å². The molecular weight excluding hydrogens is 647 g/mol. The maximum atomic E-state index is 12.3. The number of hydrogen-bond acceptors (Lipinski definition) is 4. The van der Waals surface area contributed by atoms with Crippen LogP contribution in [0.15, 0.2) is 84.9 Å². The zero-order chi connectivity index (χ0) is 30.5. The number of benzene rings is 3. The highest BCUT2D eigenvalue weighted by Gasteiger charge is 2.03. The molecule has 0 amide bonds. The van der Waals surface area contributed by atoms with Crippen LogP contribution in [-0.4, -0.2) is 18.4 Å². The average molecular weight is 693 g/mol. The summed E-state index contributed by atoms with van der Waals surface area (Å²) < 4.78 is 12.4. The van der Waals surface area contributed by atoms with Gasteiger partial charge >= 0.3 is 5.97 Å². The molecule has 0 atom stereocenters. The van der Waals surface area contributed by atoms with Crippen LogP contribution in [0.5, 0.6) is 11.5 Å². The molecule has 0 aliphatic heterocycles. The third-order valence-electron chi connectivity index (χ3n) is 7.21. The van der Waals surface area contributed by atoms with Crippen LogP contribution in [-0.2, 0) is 4.79 Å². The van der Waals surface area contributed by atoms with Gasteiger partial charge in [0.15, 0.2) is 5.78 Å². The van der Waals surface area contributed by atoms with E-state index >= 15 is 0 Å². The highest BCUT2D eigenvalue weighted by molar-refractivity contribution is 14.1. The van der Waals surface area contributed by atoms with Gasteiger partial charge in [-0.25, -0.2) is 4.79 Å². The molecule has 3 rings (SSSR count). The first-order valence-corrected chi connectivity index (χ1v) is 16.8. The van der Waals surface area contributed by atoms with Crippen molar-refractivity contribution in [1.29, 1.82) is 0 Å². The van der Waals surface area contributed by atoms with Crippen molar-refractivity contribution < 1.29 is 19.1 Å². The van der Waals surface area contributed by atoms with E-state index in [0.29, 0.717) is 11.3 Å². The number of ketones is 1. The van der Waals surface area contributed by atoms with Gasteiger partial charge in [0.05, 0.1) is 6.61 Å². The molecule has 3 aromatic rings. The number of halogens is 1. The topological polar surface area (TPSA) is 52.6 Å². The van der Waals surface area contributed by atoms with Crippen LogP contribution in [0.4, 0.5) is 0 Å². The van der Waals surface area contributed by atoms with Gasteiger partial charge in [0, 0.05) is 15.2 Å². The quantitative estimate of drug-likeness (QED) is 0.0295. The number of esters is 1. The van der Waals surface area contributed by atoms with Gasteiger partial charge in [-0.3, -0.25) is 4.79 Å². The second kappa shape index (κ2) is 20.7. The molecule has 0 aromatic heterocycles. The minimum atomic E-state index is -0.454. The Morgan fingerprint density at radius 1 is 0.605 bits per heavy atom. The number of hydrogen-bond donors (Lipinski definition) is 0. The monoisotopic (exact) mass is 692 g/mol. The van der Waals surface area contributed by atoms with E-state index in [1.165, 1.54) is 76.7 Å². The molecule has 5 heteroatoms. The maximum absolute atomic E-state index is 12.3. The highest BCUT2D eigenvalue weighted by atomic mass is 127. The van der Waals surface area contributed by atoms with E-state index in [2.05, 4.69) is 29.5 Å². The van der Waals surface area contributed by atoms with Gasteiger partial charge in [-0.15, -0.1) is 0 Å². The Kier molecular flexibility index (Phi) is 16.5. The Hall–Kier alpha value is -3.19. The number of rotatable bonds is 20. The largest absolute Gasteiger partial charge is 0.494 e. The average Bonchev–Trinajstić information content (AvgIpc) is 3.02. The molecule has 228 valence electrons. The van der Waals surface area contributed by atoms with Crippen LogP contribution in [0.1, 0.15) is 105 Å². The van der Waals surface area contributed by atoms with Crippen molar-refractivity contribution in [2.75, 3.05) is 6.61 Å². The SMILES string of the molecule is CCCCCCCCCCCCCCOc1ccc(/C=C/C(=O)Oc2ccc(/C=C/C(=O)c3ccc(I)cc3)cc2)cc1. The third-order valence-corrected chi connectivity index (χ3v) is 7.93. The zero-order valence-corrected chi connectivity index (χ0v) is 27.6. The van der Waals surface area contributed by atoms with Gasteiger partial charge < -0.3 is 9.47 Å². The predicted molar refractivity (Wildman–Crippen MR) is 187 cm³/mol. The molecule has 0 heterocycles. The first-order chi connectivity index (χ1) is 21.0. The summed E-state index contributed by atoms with van der Waals surface area (Å²) >= 11 is 2.21. The molecule has 0 unspecified atom stereocenters. The number of carbonyl (C=O) groups is 2. The zero-order valence-electron chi connectivity index (χ0n) is 25.4. The van der Waals surface area contributed by atoms with Crippen LogP contribution in [0.25, 0.3) is 12.2 Å². The van der Waals surface area contributed by atoms with Crippen molar-refractivity contribution in [3.05, 3.63) is 105 Å². The van der Waals surface area contributed by atoms with E-state index in [1.807, 2.05) is 48.5 Å². The first-order valence-electron chi connectivity index (χ1n) is 15.7. The van der Waals surface area contributed by atoms with Gasteiger partial charge in [0.25, 0.3) is 0 Å². The Bertz CT molecular complexity index is 1280. The molecule has 0 spiro atoms. The number of unbranched alkanes of at least 4 members (excludes halogenated alkanes) is 11. The Morgan fingerprint density at radius 3 is 1.65 bits per heavy atom. The van der Waals surface area contributed by atoms with Crippen LogP contribution in [0.2, 0.25) is 0 Å². The fraction of sp³-hybridized carbons (Fsp3) is 0.368. The van der Waals surface area contributed by atoms with Gasteiger partial charge in [-0.05, 0) is 88.7 Å². The summed E-state index contributed by atoms with van der Waals surface area (Å²) in [7, 11) is 0. The second-order valence-corrected chi connectivity index (χ2v) is 12.1. The summed E-state index contributed by atoms with van der Waals surface area (Å²) in [4.78, 5) is 24.6. The fourth-order valence-electron chi connectivity index (χ4n) is 4.65. The minimum Gasteiger partial charge on any atom is -0.494 e. The maximum Gasteiger partial charge on any atom is 0.336 e. The molecule has 0 saturated carbocycles. The molecule has 4 nitrogen and oxygen atoms in total. The van der Waals surface area contributed by atoms with Gasteiger partial charge in [-0.2, -0.15) is 0 Å². The van der Waals surface area contributed by atoms with Gasteiger partial charge in [-0.1, -0.05) is 120 Å². The summed E-state index contributed by atoms with van der Waals surface area (Å²) in [5.74, 6) is 0.773. The molecule has 0 bridgehead atoms. The molecular formula is C38H45IO4. The van der Waals surface area contributed by atoms with Crippen molar-refractivity contribution in [2.45, 2.75) is 84.0 Å². The lowest BCUT2D eigenvalue weighted by molar-refractivity contribution is -0.128. The lowest BCUT2D eigenvalue weighted by Crippen LogP contribution is -2.03. The summed E-state index contributed by atoms with van der Waals surface area (Å²) in [6.07, 6.45) is 22.4. The van der Waals surface area contributed by atoms with Crippen LogP contribution in [0, 0.1) is 3.57 Å². The van der Waals surface area contributed by atoms with Crippen molar-refractivity contribution in [2.24, 2.45) is 0 Å². The molecule has 0 N–H and O–H groups in total. The normalized spacial score (nSPS) is 11.3. The van der Waals surface area contributed by atoms with E-state index in [4.69, 9.17) is 9.47 Å². The predicted octanol–water partition coefficient (Wildman–Crippen LogP) is 10.9. The first kappa shape index (κ1) is 34.3. The van der Waals surface area contributed by atoms with Crippen LogP contribution < -0.4 is 9.47 Å². The Labute approximate surface area is 271 Å². The minimum absolute atomic E-state index is 0.0591. The van der Waals surface area contributed by atoms with Crippen LogP contribution in [0.3, 0.4) is 0 Å². The molecule has 0 radical (unpaired) electrons. The molecule has 43 heavy (non-hydrogen) atoms. The van der Waals surface area contributed by atoms with Gasteiger partial charge in [0.1, 0.15) is 11.5 Å². The summed E-state index contributed by atoms with van der Waals surface area (Å²) in [6, 6.07) is 22.2. The Morgan fingerprint density at radius 2 is 1.09 bits per heavy atom. The molecule has 0 aliphatic carbocycles. The van der Waals surface area contributed by atoms with Gasteiger partial charge in [0.2, 0.25) is 0 Å². The van der Waals surface area contributed by atoms with E-state index in [-0.39, 0.29) is 5.78 Å². The fourth-order valence-corrected chi connectivity index (χ4v) is 5.01. The summed E-state index contributed by atoms with van der Waals surface area (Å²) in [6.45, 7) is 3.00. The highest BCUT2D eigenvalue weighted by Crippen LogP contribution is 2.17. The van der Waals surface area contributed by atoms with E-state index in [9.17, 15) is 9.59 Å². The van der Waals surface area contributed by atoms with Crippen molar-refractivity contribution in [3.63, 3.8) is 0 Å². The second-order valence-electron chi connectivity index (χ2n) is 10.8. The Balaban J connectivity index is 1.28. The lowest BCUT2D eigenvalue weighted by atomic mass is 10.1. The number of allylic oxidation sites excluding steroid dienone is 1. The molecule has 0 saturated heterocycles. The number of ether oxygens (including phenoxy) is 2. The lowest BCUT2D eigenvalue weighted by Gasteiger charge is -2.07.